The largest absolute Gasteiger partial charge is 0.376 e. The zero-order valence-corrected chi connectivity index (χ0v) is 14.5. The van der Waals surface area contributed by atoms with Crippen LogP contribution >= 0.6 is 11.3 Å². The molecule has 1 amide bonds. The predicted octanol–water partition coefficient (Wildman–Crippen LogP) is 3.99. The fraction of sp³-hybridized carbons (Fsp3) is 0.529. The minimum atomic E-state index is -0.512. The normalized spacial score (nSPS) is 18.5. The van der Waals surface area contributed by atoms with Crippen LogP contribution in [0.1, 0.15) is 33.6 Å². The first-order valence-electron chi connectivity index (χ1n) is 7.84. The number of nitrogens with zero attached hydrogens (tertiary/aromatic N) is 2. The average Bonchev–Trinajstić information content (AvgIpc) is 3.11. The van der Waals surface area contributed by atoms with Gasteiger partial charge in [0, 0.05) is 12.0 Å². The summed E-state index contributed by atoms with van der Waals surface area (Å²) >= 11 is 1.35. The zero-order chi connectivity index (χ0) is 16.6. The molecule has 0 saturated carbocycles. The van der Waals surface area contributed by atoms with Crippen LogP contribution in [0, 0.1) is 11.2 Å². The van der Waals surface area contributed by atoms with Gasteiger partial charge in [-0.05, 0) is 31.0 Å². The van der Waals surface area contributed by atoms with E-state index in [0.29, 0.717) is 17.2 Å². The molecule has 2 aromatic rings. The molecule has 124 valence electrons. The Morgan fingerprint density at radius 1 is 1.48 bits per heavy atom. The molecular weight excluding hydrogens is 315 g/mol. The lowest BCUT2D eigenvalue weighted by Crippen LogP contribution is -2.43. The Morgan fingerprint density at radius 2 is 2.26 bits per heavy atom. The van der Waals surface area contributed by atoms with Crippen LogP contribution in [0.5, 0.6) is 0 Å². The van der Waals surface area contributed by atoms with Crippen molar-refractivity contribution in [1.29, 1.82) is 0 Å². The highest BCUT2D eigenvalue weighted by Gasteiger charge is 2.32. The summed E-state index contributed by atoms with van der Waals surface area (Å²) in [6.45, 7) is 6.92. The third-order valence-electron chi connectivity index (χ3n) is 3.87. The van der Waals surface area contributed by atoms with Crippen molar-refractivity contribution in [3.63, 3.8) is 0 Å². The van der Waals surface area contributed by atoms with E-state index in [0.717, 1.165) is 24.1 Å². The van der Waals surface area contributed by atoms with E-state index in [-0.39, 0.29) is 17.8 Å². The molecule has 0 spiro atoms. The number of rotatable bonds is 3. The van der Waals surface area contributed by atoms with Crippen LogP contribution < -0.4 is 4.90 Å². The van der Waals surface area contributed by atoms with Gasteiger partial charge in [0.2, 0.25) is 5.91 Å². The number of ether oxygens (including phenoxy) is 1. The number of fused-ring (bicyclic) bond motifs is 1. The van der Waals surface area contributed by atoms with Crippen LogP contribution in [0.2, 0.25) is 0 Å². The van der Waals surface area contributed by atoms with Crippen molar-refractivity contribution in [3.05, 3.63) is 24.0 Å². The molecule has 2 heterocycles. The third kappa shape index (κ3) is 3.53. The molecule has 1 aromatic heterocycles. The predicted molar refractivity (Wildman–Crippen MR) is 90.4 cm³/mol. The SMILES string of the molecule is CC(C)(C)C(=O)N(CC1CCCO1)c1nc2ccc(F)cc2s1. The maximum atomic E-state index is 13.4. The van der Waals surface area contributed by atoms with Crippen LogP contribution in [-0.4, -0.2) is 30.1 Å². The fourth-order valence-corrected chi connectivity index (χ4v) is 3.64. The van der Waals surface area contributed by atoms with E-state index in [9.17, 15) is 9.18 Å². The zero-order valence-electron chi connectivity index (χ0n) is 13.6. The van der Waals surface area contributed by atoms with E-state index in [4.69, 9.17) is 4.74 Å². The first kappa shape index (κ1) is 16.3. The summed E-state index contributed by atoms with van der Waals surface area (Å²) in [5, 5.41) is 0.612. The van der Waals surface area contributed by atoms with Crippen molar-refractivity contribution in [2.45, 2.75) is 39.7 Å². The fourth-order valence-electron chi connectivity index (χ4n) is 2.65. The lowest BCUT2D eigenvalue weighted by atomic mass is 9.94. The van der Waals surface area contributed by atoms with E-state index < -0.39 is 5.41 Å². The lowest BCUT2D eigenvalue weighted by Gasteiger charge is -2.29. The quantitative estimate of drug-likeness (QED) is 0.851. The van der Waals surface area contributed by atoms with Crippen molar-refractivity contribution in [3.8, 4) is 0 Å². The van der Waals surface area contributed by atoms with Gasteiger partial charge in [0.15, 0.2) is 5.13 Å². The second-order valence-electron chi connectivity index (χ2n) is 6.91. The highest BCUT2D eigenvalue weighted by atomic mass is 32.1. The van der Waals surface area contributed by atoms with Gasteiger partial charge < -0.3 is 4.74 Å². The highest BCUT2D eigenvalue weighted by Crippen LogP contribution is 2.32. The Bertz CT molecular complexity index is 717. The van der Waals surface area contributed by atoms with Crippen molar-refractivity contribution < 1.29 is 13.9 Å². The maximum absolute atomic E-state index is 13.4. The minimum Gasteiger partial charge on any atom is -0.376 e. The van der Waals surface area contributed by atoms with Gasteiger partial charge in [0.1, 0.15) is 5.82 Å². The topological polar surface area (TPSA) is 42.4 Å². The molecule has 1 atom stereocenters. The Labute approximate surface area is 139 Å². The summed E-state index contributed by atoms with van der Waals surface area (Å²) in [6, 6.07) is 4.50. The first-order valence-corrected chi connectivity index (χ1v) is 8.66. The van der Waals surface area contributed by atoms with Gasteiger partial charge in [-0.1, -0.05) is 32.1 Å². The molecule has 1 unspecified atom stereocenters. The summed E-state index contributed by atoms with van der Waals surface area (Å²) in [7, 11) is 0. The van der Waals surface area contributed by atoms with Gasteiger partial charge in [-0.2, -0.15) is 0 Å². The Balaban J connectivity index is 1.96. The molecule has 1 aliphatic heterocycles. The van der Waals surface area contributed by atoms with Crippen molar-refractivity contribution >= 4 is 32.6 Å². The van der Waals surface area contributed by atoms with Crippen LogP contribution in [0.4, 0.5) is 9.52 Å². The van der Waals surface area contributed by atoms with Gasteiger partial charge in [0.05, 0.1) is 22.9 Å². The summed E-state index contributed by atoms with van der Waals surface area (Å²) in [4.78, 5) is 19.1. The molecule has 1 saturated heterocycles. The number of amides is 1. The lowest BCUT2D eigenvalue weighted by molar-refractivity contribution is -0.126. The second kappa shape index (κ2) is 6.17. The number of thiazole rings is 1. The van der Waals surface area contributed by atoms with E-state index in [2.05, 4.69) is 4.98 Å². The number of hydrogen-bond donors (Lipinski definition) is 0. The van der Waals surface area contributed by atoms with E-state index >= 15 is 0 Å². The highest BCUT2D eigenvalue weighted by molar-refractivity contribution is 7.22. The molecular formula is C17H21FN2O2S. The number of anilines is 1. The van der Waals surface area contributed by atoms with Gasteiger partial charge in [0.25, 0.3) is 0 Å². The number of aromatic nitrogens is 1. The molecule has 1 aromatic carbocycles. The summed E-state index contributed by atoms with van der Waals surface area (Å²) in [5.74, 6) is -0.284. The van der Waals surface area contributed by atoms with Crippen LogP contribution in [0.3, 0.4) is 0 Å². The van der Waals surface area contributed by atoms with E-state index in [1.165, 1.54) is 23.5 Å². The minimum absolute atomic E-state index is 0.00697. The summed E-state index contributed by atoms with van der Waals surface area (Å²) in [6.07, 6.45) is 2.02. The van der Waals surface area contributed by atoms with Crippen molar-refractivity contribution in [2.75, 3.05) is 18.1 Å². The molecule has 3 rings (SSSR count). The second-order valence-corrected chi connectivity index (χ2v) is 7.92. The first-order chi connectivity index (χ1) is 10.8. The smallest absolute Gasteiger partial charge is 0.234 e. The van der Waals surface area contributed by atoms with Crippen LogP contribution in [-0.2, 0) is 9.53 Å². The number of halogens is 1. The monoisotopic (exact) mass is 336 g/mol. The summed E-state index contributed by atoms with van der Waals surface area (Å²) in [5.41, 5.74) is 0.201. The summed E-state index contributed by atoms with van der Waals surface area (Å²) < 4.78 is 19.8. The van der Waals surface area contributed by atoms with E-state index in [1.54, 1.807) is 11.0 Å². The van der Waals surface area contributed by atoms with Crippen LogP contribution in [0.25, 0.3) is 10.2 Å². The van der Waals surface area contributed by atoms with Gasteiger partial charge in [-0.3, -0.25) is 9.69 Å². The molecule has 1 aliphatic rings. The molecule has 0 radical (unpaired) electrons. The number of carbonyl (C=O) groups is 1. The Morgan fingerprint density at radius 3 is 2.91 bits per heavy atom. The molecule has 0 bridgehead atoms. The number of benzene rings is 1. The Kier molecular flexibility index (Phi) is 4.38. The van der Waals surface area contributed by atoms with Crippen molar-refractivity contribution in [1.82, 2.24) is 4.98 Å². The molecule has 23 heavy (non-hydrogen) atoms. The van der Waals surface area contributed by atoms with Gasteiger partial charge >= 0.3 is 0 Å². The number of hydrogen-bond acceptors (Lipinski definition) is 4. The third-order valence-corrected chi connectivity index (χ3v) is 4.91. The molecule has 0 aliphatic carbocycles. The maximum Gasteiger partial charge on any atom is 0.234 e. The number of carbonyl (C=O) groups excluding carboxylic acids is 1. The molecule has 6 heteroatoms. The van der Waals surface area contributed by atoms with E-state index in [1.807, 2.05) is 20.8 Å². The van der Waals surface area contributed by atoms with Crippen LogP contribution in [0.15, 0.2) is 18.2 Å². The molecule has 0 N–H and O–H groups in total. The standard InChI is InChI=1S/C17H21FN2O2S/c1-17(2,3)15(21)20(10-12-5-4-8-22-12)16-19-13-7-6-11(18)9-14(13)23-16/h6-7,9,12H,4-5,8,10H2,1-3H3. The average molecular weight is 336 g/mol. The molecule has 4 nitrogen and oxygen atoms in total. The molecule has 1 fully saturated rings. The van der Waals surface area contributed by atoms with Crippen molar-refractivity contribution in [2.24, 2.45) is 5.41 Å². The van der Waals surface area contributed by atoms with Gasteiger partial charge in [-0.25, -0.2) is 9.37 Å². The Hall–Kier alpha value is -1.53. The van der Waals surface area contributed by atoms with Gasteiger partial charge in [-0.15, -0.1) is 0 Å².